The minimum Gasteiger partial charge on any atom is -0.481 e. The van der Waals surface area contributed by atoms with Crippen molar-refractivity contribution in [2.45, 2.75) is 45.1 Å². The minimum atomic E-state index is 0.604. The predicted molar refractivity (Wildman–Crippen MR) is 56.4 cm³/mol. The lowest BCUT2D eigenvalue weighted by atomic mass is 9.68. The standard InChI is InChI=1S/C12H19NO/c1-2-14-12-10-4-8-3-9(5-10)7-11(6-8)13-12/h8-11H,2-7H2,1H3. The Kier molecular flexibility index (Phi) is 2.03. The molecular weight excluding hydrogens is 174 g/mol. The highest BCUT2D eigenvalue weighted by Gasteiger charge is 2.41. The van der Waals surface area contributed by atoms with Gasteiger partial charge in [0.05, 0.1) is 12.6 Å². The summed E-state index contributed by atoms with van der Waals surface area (Å²) in [6.07, 6.45) is 6.85. The summed E-state index contributed by atoms with van der Waals surface area (Å²) >= 11 is 0. The topological polar surface area (TPSA) is 21.6 Å². The van der Waals surface area contributed by atoms with Crippen LogP contribution >= 0.6 is 0 Å². The van der Waals surface area contributed by atoms with Gasteiger partial charge in [0.2, 0.25) is 0 Å². The first-order valence-electron chi connectivity index (χ1n) is 6.05. The first-order valence-corrected chi connectivity index (χ1v) is 6.05. The van der Waals surface area contributed by atoms with E-state index in [2.05, 4.69) is 6.92 Å². The zero-order chi connectivity index (χ0) is 9.54. The van der Waals surface area contributed by atoms with E-state index in [9.17, 15) is 0 Å². The second kappa shape index (κ2) is 3.25. The van der Waals surface area contributed by atoms with Gasteiger partial charge < -0.3 is 4.74 Å². The maximum Gasteiger partial charge on any atom is 0.186 e. The number of hydrogen-bond acceptors (Lipinski definition) is 2. The van der Waals surface area contributed by atoms with Crippen LogP contribution in [0.4, 0.5) is 0 Å². The molecule has 0 aromatic heterocycles. The first-order chi connectivity index (χ1) is 6.85. The average molecular weight is 193 g/mol. The van der Waals surface area contributed by atoms with Crippen LogP contribution in [0.15, 0.2) is 4.99 Å². The van der Waals surface area contributed by atoms with Crippen molar-refractivity contribution in [3.05, 3.63) is 0 Å². The number of aliphatic imine (C=N–C) groups is 1. The molecule has 4 bridgehead atoms. The number of nitrogens with zero attached hydrogens (tertiary/aromatic N) is 1. The van der Waals surface area contributed by atoms with Gasteiger partial charge >= 0.3 is 0 Å². The number of rotatable bonds is 1. The molecule has 0 radical (unpaired) electrons. The Bertz CT molecular complexity index is 247. The monoisotopic (exact) mass is 193 g/mol. The van der Waals surface area contributed by atoms with Gasteiger partial charge in [0.1, 0.15) is 0 Å². The van der Waals surface area contributed by atoms with Crippen LogP contribution in [0.5, 0.6) is 0 Å². The van der Waals surface area contributed by atoms with Crippen LogP contribution in [0.1, 0.15) is 39.0 Å². The summed E-state index contributed by atoms with van der Waals surface area (Å²) < 4.78 is 5.70. The minimum absolute atomic E-state index is 0.604. The lowest BCUT2D eigenvalue weighted by molar-refractivity contribution is 0.154. The van der Waals surface area contributed by atoms with E-state index in [1.807, 2.05) is 0 Å². The fourth-order valence-electron chi connectivity index (χ4n) is 3.71. The number of ether oxygens (including phenoxy) is 1. The Morgan fingerprint density at radius 2 is 1.86 bits per heavy atom. The highest BCUT2D eigenvalue weighted by Crippen LogP contribution is 2.46. The van der Waals surface area contributed by atoms with Crippen molar-refractivity contribution >= 4 is 5.90 Å². The third-order valence-corrected chi connectivity index (χ3v) is 4.06. The molecule has 14 heavy (non-hydrogen) atoms. The maximum absolute atomic E-state index is 5.70. The Morgan fingerprint density at radius 1 is 1.14 bits per heavy atom. The van der Waals surface area contributed by atoms with Crippen molar-refractivity contribution < 1.29 is 4.74 Å². The Morgan fingerprint density at radius 3 is 2.50 bits per heavy atom. The molecule has 0 spiro atoms. The van der Waals surface area contributed by atoms with Gasteiger partial charge in [0.15, 0.2) is 5.90 Å². The van der Waals surface area contributed by atoms with E-state index in [1.54, 1.807) is 0 Å². The second-order valence-corrected chi connectivity index (χ2v) is 5.16. The van der Waals surface area contributed by atoms with Crippen molar-refractivity contribution in [1.82, 2.24) is 0 Å². The predicted octanol–water partition coefficient (Wildman–Crippen LogP) is 2.63. The van der Waals surface area contributed by atoms with Crippen LogP contribution in [-0.4, -0.2) is 18.5 Å². The van der Waals surface area contributed by atoms with Crippen molar-refractivity contribution in [2.75, 3.05) is 6.61 Å². The zero-order valence-electron chi connectivity index (χ0n) is 8.91. The summed E-state index contributed by atoms with van der Waals surface area (Å²) in [5.74, 6) is 3.69. The Labute approximate surface area is 85.7 Å². The molecule has 2 nitrogen and oxygen atoms in total. The molecule has 2 aliphatic heterocycles. The summed E-state index contributed by atoms with van der Waals surface area (Å²) in [6, 6.07) is 0.604. The highest BCUT2D eigenvalue weighted by atomic mass is 16.5. The van der Waals surface area contributed by atoms with Crippen LogP contribution in [0.3, 0.4) is 0 Å². The maximum atomic E-state index is 5.70. The SMILES string of the molecule is CCOC1=NC2CC3CC(C2)CC1C3. The third kappa shape index (κ3) is 1.35. The molecular formula is C12H19NO. The van der Waals surface area contributed by atoms with Crippen LogP contribution in [0.2, 0.25) is 0 Å². The molecule has 78 valence electrons. The molecule has 2 fully saturated rings. The van der Waals surface area contributed by atoms with Crippen LogP contribution in [-0.2, 0) is 4.74 Å². The van der Waals surface area contributed by atoms with E-state index >= 15 is 0 Å². The van der Waals surface area contributed by atoms with E-state index < -0.39 is 0 Å². The Hall–Kier alpha value is -0.530. The average Bonchev–Trinajstić information content (AvgIpc) is 2.32. The van der Waals surface area contributed by atoms with Gasteiger partial charge in [-0.15, -0.1) is 0 Å². The summed E-state index contributed by atoms with van der Waals surface area (Å²) in [6.45, 7) is 2.86. The quantitative estimate of drug-likeness (QED) is 0.627. The van der Waals surface area contributed by atoms with E-state index in [4.69, 9.17) is 9.73 Å². The molecule has 0 aromatic carbocycles. The summed E-state index contributed by atoms with van der Waals surface area (Å²) in [4.78, 5) is 4.80. The largest absolute Gasteiger partial charge is 0.481 e. The smallest absolute Gasteiger partial charge is 0.186 e. The molecule has 0 aromatic rings. The highest BCUT2D eigenvalue weighted by molar-refractivity contribution is 5.79. The fraction of sp³-hybridized carbons (Fsp3) is 0.917. The molecule has 2 heteroatoms. The van der Waals surface area contributed by atoms with Crippen LogP contribution in [0.25, 0.3) is 0 Å². The van der Waals surface area contributed by atoms with Crippen LogP contribution < -0.4 is 0 Å². The van der Waals surface area contributed by atoms with Gasteiger partial charge in [-0.1, -0.05) is 0 Å². The molecule has 2 aliphatic carbocycles. The summed E-state index contributed by atoms with van der Waals surface area (Å²) in [5, 5.41) is 0. The van der Waals surface area contributed by atoms with Crippen molar-refractivity contribution in [3.8, 4) is 0 Å². The van der Waals surface area contributed by atoms with Gasteiger partial charge in [-0.25, -0.2) is 0 Å². The van der Waals surface area contributed by atoms with Crippen molar-refractivity contribution in [3.63, 3.8) is 0 Å². The normalized spacial score (nSPS) is 44.8. The van der Waals surface area contributed by atoms with E-state index in [0.29, 0.717) is 12.0 Å². The lowest BCUT2D eigenvalue weighted by Crippen LogP contribution is -2.31. The summed E-state index contributed by atoms with van der Waals surface area (Å²) in [5.41, 5.74) is 0. The Balaban J connectivity index is 1.86. The molecule has 4 aliphatic rings. The molecule has 0 amide bonds. The molecule has 2 saturated carbocycles. The number of hydrogen-bond donors (Lipinski definition) is 0. The fourth-order valence-corrected chi connectivity index (χ4v) is 3.71. The molecule has 0 saturated heterocycles. The first kappa shape index (κ1) is 8.75. The summed E-state index contributed by atoms with van der Waals surface area (Å²) in [7, 11) is 0. The lowest BCUT2D eigenvalue weighted by Gasteiger charge is -2.37. The zero-order valence-corrected chi connectivity index (χ0v) is 8.91. The van der Waals surface area contributed by atoms with Crippen molar-refractivity contribution in [2.24, 2.45) is 22.7 Å². The second-order valence-electron chi connectivity index (χ2n) is 5.16. The van der Waals surface area contributed by atoms with Crippen LogP contribution in [0, 0.1) is 17.8 Å². The molecule has 2 heterocycles. The van der Waals surface area contributed by atoms with Gasteiger partial charge in [0.25, 0.3) is 0 Å². The van der Waals surface area contributed by atoms with E-state index in [-0.39, 0.29) is 0 Å². The molecule has 4 rings (SSSR count). The van der Waals surface area contributed by atoms with Gasteiger partial charge in [-0.2, -0.15) is 0 Å². The van der Waals surface area contributed by atoms with Gasteiger partial charge in [-0.05, 0) is 50.9 Å². The molecule has 2 atom stereocenters. The van der Waals surface area contributed by atoms with Crippen molar-refractivity contribution in [1.29, 1.82) is 0 Å². The van der Waals surface area contributed by atoms with E-state index in [0.717, 1.165) is 24.3 Å². The molecule has 2 unspecified atom stereocenters. The third-order valence-electron chi connectivity index (χ3n) is 4.06. The van der Waals surface area contributed by atoms with Gasteiger partial charge in [0, 0.05) is 5.92 Å². The van der Waals surface area contributed by atoms with E-state index in [1.165, 1.54) is 32.1 Å². The van der Waals surface area contributed by atoms with Gasteiger partial charge in [-0.3, -0.25) is 4.99 Å². The molecule has 0 N–H and O–H groups in total.